The van der Waals surface area contributed by atoms with Gasteiger partial charge in [0.2, 0.25) is 10.0 Å². The Balaban J connectivity index is 1.33. The molecule has 2 aromatic carbocycles. The van der Waals surface area contributed by atoms with Gasteiger partial charge in [-0.25, -0.2) is 8.42 Å². The SMILES string of the molecule is CC(C)CN([C@@H]1CC[C@@]2(O)[C@H]3Cc4ccc(O)c5c4[C@@]2(CCN3CC2CC2)[C@H]1O5)S(=O)(=O)Cc1ccccc1. The van der Waals surface area contributed by atoms with Crippen molar-refractivity contribution < 1.29 is 23.4 Å². The molecular weight excluding hydrogens is 512 g/mol. The summed E-state index contributed by atoms with van der Waals surface area (Å²) in [4.78, 5) is 2.51. The highest BCUT2D eigenvalue weighted by Crippen LogP contribution is 2.66. The Morgan fingerprint density at radius 2 is 1.87 bits per heavy atom. The summed E-state index contributed by atoms with van der Waals surface area (Å²) >= 11 is 0. The van der Waals surface area contributed by atoms with E-state index in [0.717, 1.165) is 42.1 Å². The van der Waals surface area contributed by atoms with Crippen molar-refractivity contribution >= 4 is 10.0 Å². The maximum Gasteiger partial charge on any atom is 0.218 e. The summed E-state index contributed by atoms with van der Waals surface area (Å²) in [6, 6.07) is 12.6. The quantitative estimate of drug-likeness (QED) is 0.518. The molecule has 2 aromatic rings. The molecule has 7 nitrogen and oxygen atoms in total. The molecule has 0 aromatic heterocycles. The van der Waals surface area contributed by atoms with Crippen molar-refractivity contribution in [1.29, 1.82) is 0 Å². The molecule has 8 heteroatoms. The number of ether oxygens (including phenoxy) is 1. The zero-order valence-corrected chi connectivity index (χ0v) is 23.7. The van der Waals surface area contributed by atoms with Gasteiger partial charge in [-0.3, -0.25) is 4.90 Å². The minimum absolute atomic E-state index is 0.0265. The third-order valence-electron chi connectivity index (χ3n) is 10.2. The van der Waals surface area contributed by atoms with Crippen LogP contribution in [0.1, 0.15) is 62.6 Å². The van der Waals surface area contributed by atoms with E-state index in [2.05, 4.69) is 4.90 Å². The van der Waals surface area contributed by atoms with Gasteiger partial charge >= 0.3 is 0 Å². The lowest BCUT2D eigenvalue weighted by Gasteiger charge is -2.64. The van der Waals surface area contributed by atoms with Crippen molar-refractivity contribution in [2.75, 3.05) is 19.6 Å². The second kappa shape index (κ2) is 8.93. The van der Waals surface area contributed by atoms with E-state index in [4.69, 9.17) is 4.74 Å². The fraction of sp³-hybridized carbons (Fsp3) is 0.613. The van der Waals surface area contributed by atoms with Crippen LogP contribution in [0.25, 0.3) is 0 Å². The molecule has 0 amide bonds. The number of hydrogen-bond donors (Lipinski definition) is 2. The Bertz CT molecular complexity index is 1380. The monoisotopic (exact) mass is 552 g/mol. The van der Waals surface area contributed by atoms with Crippen LogP contribution in [0.3, 0.4) is 0 Å². The van der Waals surface area contributed by atoms with E-state index in [9.17, 15) is 18.6 Å². The minimum Gasteiger partial charge on any atom is -0.504 e. The lowest BCUT2D eigenvalue weighted by Crippen LogP contribution is -2.78. The minimum atomic E-state index is -3.69. The standard InChI is InChI=1S/C31H40N2O5S/c1-20(2)17-33(39(36,37)19-22-6-4-3-5-7-22)24-12-13-31(35)26-16-23-10-11-25(34)28-27(23)30(31,29(24)38-28)14-15-32(26)18-21-8-9-21/h3-7,10-11,20-21,24,26,29,34-35H,8-9,12-19H2,1-2H3/t24-,26-,29+,30+,31-/m1/s1. The van der Waals surface area contributed by atoms with Gasteiger partial charge in [-0.15, -0.1) is 0 Å². The summed E-state index contributed by atoms with van der Waals surface area (Å²) in [6.07, 6.45) is 4.46. The Kier molecular flexibility index (Phi) is 5.91. The average molecular weight is 553 g/mol. The number of sulfonamides is 1. The van der Waals surface area contributed by atoms with Crippen LogP contribution in [0.4, 0.5) is 0 Å². The van der Waals surface area contributed by atoms with Gasteiger partial charge in [-0.1, -0.05) is 50.2 Å². The van der Waals surface area contributed by atoms with Crippen molar-refractivity contribution in [3.63, 3.8) is 0 Å². The van der Waals surface area contributed by atoms with Crippen molar-refractivity contribution in [3.8, 4) is 11.5 Å². The number of benzene rings is 2. The molecule has 2 heterocycles. The number of aliphatic hydroxyl groups is 1. The molecule has 0 radical (unpaired) electrons. The Morgan fingerprint density at radius 3 is 2.59 bits per heavy atom. The lowest BCUT2D eigenvalue weighted by atomic mass is 9.48. The summed E-state index contributed by atoms with van der Waals surface area (Å²) in [6.45, 7) is 6.35. The fourth-order valence-electron chi connectivity index (χ4n) is 8.43. The van der Waals surface area contributed by atoms with E-state index < -0.39 is 33.2 Å². The van der Waals surface area contributed by atoms with Gasteiger partial charge in [0.25, 0.3) is 0 Å². The van der Waals surface area contributed by atoms with Gasteiger partial charge in [0, 0.05) is 24.7 Å². The van der Waals surface area contributed by atoms with Gasteiger partial charge in [0.15, 0.2) is 11.5 Å². The number of nitrogens with zero attached hydrogens (tertiary/aromatic N) is 2. The Hall–Kier alpha value is -2.13. The molecule has 210 valence electrons. The highest BCUT2D eigenvalue weighted by Gasteiger charge is 2.73. The lowest BCUT2D eigenvalue weighted by molar-refractivity contribution is -0.196. The van der Waals surface area contributed by atoms with Crippen LogP contribution in [0.2, 0.25) is 0 Å². The molecule has 1 saturated heterocycles. The highest BCUT2D eigenvalue weighted by atomic mass is 32.2. The predicted octanol–water partition coefficient (Wildman–Crippen LogP) is 3.81. The molecular formula is C31H40N2O5S. The summed E-state index contributed by atoms with van der Waals surface area (Å²) in [5, 5.41) is 23.7. The van der Waals surface area contributed by atoms with Crippen LogP contribution in [-0.4, -0.2) is 71.3 Å². The van der Waals surface area contributed by atoms with Crippen LogP contribution in [0.5, 0.6) is 11.5 Å². The third-order valence-corrected chi connectivity index (χ3v) is 12.0. The Morgan fingerprint density at radius 1 is 1.10 bits per heavy atom. The normalized spacial score (nSPS) is 33.3. The second-order valence-corrected chi connectivity index (χ2v) is 15.0. The molecule has 3 fully saturated rings. The highest BCUT2D eigenvalue weighted by molar-refractivity contribution is 7.88. The maximum atomic E-state index is 14.1. The molecule has 5 aliphatic rings. The first kappa shape index (κ1) is 25.8. The first-order valence-electron chi connectivity index (χ1n) is 14.7. The average Bonchev–Trinajstić information content (AvgIpc) is 3.63. The summed E-state index contributed by atoms with van der Waals surface area (Å²) in [5.41, 5.74) is 1.06. The molecule has 0 unspecified atom stereocenters. The number of hydrogen-bond acceptors (Lipinski definition) is 6. The van der Waals surface area contributed by atoms with E-state index in [1.165, 1.54) is 12.8 Å². The smallest absolute Gasteiger partial charge is 0.218 e. The molecule has 39 heavy (non-hydrogen) atoms. The first-order chi connectivity index (χ1) is 18.6. The Labute approximate surface area is 231 Å². The van der Waals surface area contributed by atoms with Crippen LogP contribution < -0.4 is 4.74 Å². The predicted molar refractivity (Wildman–Crippen MR) is 149 cm³/mol. The van der Waals surface area contributed by atoms with Crippen LogP contribution in [-0.2, 0) is 27.6 Å². The second-order valence-electron chi connectivity index (χ2n) is 13.1. The van der Waals surface area contributed by atoms with E-state index in [0.29, 0.717) is 31.6 Å². The molecule has 7 rings (SSSR count). The summed E-state index contributed by atoms with van der Waals surface area (Å²) < 4.78 is 36.6. The number of piperidine rings is 1. The van der Waals surface area contributed by atoms with E-state index >= 15 is 0 Å². The van der Waals surface area contributed by atoms with Gasteiger partial charge in [0.1, 0.15) is 6.10 Å². The van der Waals surface area contributed by atoms with Crippen LogP contribution in [0.15, 0.2) is 42.5 Å². The van der Waals surface area contributed by atoms with Crippen LogP contribution in [0, 0.1) is 11.8 Å². The third kappa shape index (κ3) is 3.81. The van der Waals surface area contributed by atoms with Crippen molar-refractivity contribution in [1.82, 2.24) is 9.21 Å². The number of aromatic hydroxyl groups is 1. The van der Waals surface area contributed by atoms with Gasteiger partial charge in [-0.2, -0.15) is 4.31 Å². The summed E-state index contributed by atoms with van der Waals surface area (Å²) in [7, 11) is -3.69. The molecule has 2 bridgehead atoms. The zero-order valence-electron chi connectivity index (χ0n) is 22.9. The number of phenols is 1. The molecule has 2 N–H and O–H groups in total. The van der Waals surface area contributed by atoms with Gasteiger partial charge < -0.3 is 14.9 Å². The van der Waals surface area contributed by atoms with Gasteiger partial charge in [0.05, 0.1) is 22.8 Å². The molecule has 2 saturated carbocycles. The van der Waals surface area contributed by atoms with Crippen molar-refractivity contribution in [2.24, 2.45) is 11.8 Å². The zero-order chi connectivity index (χ0) is 27.2. The fourth-order valence-corrected chi connectivity index (χ4v) is 10.4. The van der Waals surface area contributed by atoms with E-state index in [-0.39, 0.29) is 23.5 Å². The van der Waals surface area contributed by atoms with E-state index in [1.54, 1.807) is 10.4 Å². The van der Waals surface area contributed by atoms with Crippen LogP contribution >= 0.6 is 0 Å². The molecule has 1 spiro atoms. The topological polar surface area (TPSA) is 90.3 Å². The number of likely N-dealkylation sites (tertiary alicyclic amines) is 1. The molecule has 3 aliphatic carbocycles. The molecule has 2 aliphatic heterocycles. The summed E-state index contributed by atoms with van der Waals surface area (Å²) in [5.74, 6) is 1.32. The molecule has 5 atom stereocenters. The number of phenolic OH excluding ortho intramolecular Hbond substituents is 1. The van der Waals surface area contributed by atoms with Crippen molar-refractivity contribution in [2.45, 2.75) is 87.3 Å². The van der Waals surface area contributed by atoms with E-state index in [1.807, 2.05) is 50.2 Å². The van der Waals surface area contributed by atoms with Crippen molar-refractivity contribution in [3.05, 3.63) is 59.2 Å². The largest absolute Gasteiger partial charge is 0.504 e. The first-order valence-corrected chi connectivity index (χ1v) is 16.3. The number of rotatable bonds is 8. The maximum absolute atomic E-state index is 14.1. The van der Waals surface area contributed by atoms with Gasteiger partial charge in [-0.05, 0) is 74.1 Å².